The molecule has 1 amide bonds. The van der Waals surface area contributed by atoms with E-state index in [-0.39, 0.29) is 5.91 Å². The highest BCUT2D eigenvalue weighted by Crippen LogP contribution is 2.41. The molecule has 2 fully saturated rings. The van der Waals surface area contributed by atoms with Gasteiger partial charge in [0.05, 0.1) is 0 Å². The summed E-state index contributed by atoms with van der Waals surface area (Å²) in [4.78, 5) is 11.1. The smallest absolute Gasteiger partial charge is 0.243 e. The van der Waals surface area contributed by atoms with Gasteiger partial charge < -0.3 is 10.6 Å². The first-order chi connectivity index (χ1) is 5.83. The van der Waals surface area contributed by atoms with E-state index in [2.05, 4.69) is 10.6 Å². The molecular weight excluding hydrogens is 152 g/mol. The van der Waals surface area contributed by atoms with Crippen molar-refractivity contribution < 1.29 is 4.79 Å². The van der Waals surface area contributed by atoms with Gasteiger partial charge in [-0.2, -0.15) is 0 Å². The Morgan fingerprint density at radius 1 is 1.50 bits per heavy atom. The summed E-state index contributed by atoms with van der Waals surface area (Å²) in [5, 5.41) is 6.28. The van der Waals surface area contributed by atoms with E-state index in [9.17, 15) is 4.79 Å². The first kappa shape index (κ1) is 7.80. The topological polar surface area (TPSA) is 41.1 Å². The maximum Gasteiger partial charge on any atom is 0.243 e. The van der Waals surface area contributed by atoms with Crippen LogP contribution in [0, 0.1) is 11.8 Å². The zero-order chi connectivity index (χ0) is 8.55. The fraction of sp³-hybridized carbons (Fsp3) is 0.667. The Hall–Kier alpha value is -0.830. The fourth-order valence-corrected chi connectivity index (χ4v) is 2.00. The van der Waals surface area contributed by atoms with Crippen molar-refractivity contribution in [2.45, 2.75) is 13.0 Å². The molecule has 1 aliphatic carbocycles. The molecule has 0 radical (unpaired) electrons. The molecule has 0 spiro atoms. The van der Waals surface area contributed by atoms with Crippen LogP contribution in [0.4, 0.5) is 0 Å². The summed E-state index contributed by atoms with van der Waals surface area (Å²) in [6.07, 6.45) is 3.35. The zero-order valence-corrected chi connectivity index (χ0v) is 7.21. The SMILES string of the molecule is C/C=C/C(=O)NC1C2CNCC21. The molecule has 1 heterocycles. The lowest BCUT2D eigenvalue weighted by Gasteiger charge is -2.04. The molecule has 66 valence electrons. The summed E-state index contributed by atoms with van der Waals surface area (Å²) in [5.41, 5.74) is 0. The molecule has 3 nitrogen and oxygen atoms in total. The minimum atomic E-state index is 0.0527. The van der Waals surface area contributed by atoms with Crippen molar-refractivity contribution in [3.63, 3.8) is 0 Å². The van der Waals surface area contributed by atoms with E-state index in [1.807, 2.05) is 6.92 Å². The number of rotatable bonds is 2. The van der Waals surface area contributed by atoms with E-state index in [4.69, 9.17) is 0 Å². The van der Waals surface area contributed by atoms with E-state index < -0.39 is 0 Å². The number of hydrogen-bond donors (Lipinski definition) is 2. The van der Waals surface area contributed by atoms with Crippen LogP contribution in [-0.4, -0.2) is 25.0 Å². The molecule has 2 aliphatic rings. The van der Waals surface area contributed by atoms with Crippen LogP contribution in [0.2, 0.25) is 0 Å². The molecule has 0 bridgehead atoms. The number of nitrogens with one attached hydrogen (secondary N) is 2. The van der Waals surface area contributed by atoms with Gasteiger partial charge in [-0.25, -0.2) is 0 Å². The summed E-state index contributed by atoms with van der Waals surface area (Å²) >= 11 is 0. The van der Waals surface area contributed by atoms with Gasteiger partial charge in [0.25, 0.3) is 0 Å². The van der Waals surface area contributed by atoms with Crippen LogP contribution in [0.1, 0.15) is 6.92 Å². The van der Waals surface area contributed by atoms with Crippen molar-refractivity contribution in [1.29, 1.82) is 0 Å². The lowest BCUT2D eigenvalue weighted by molar-refractivity contribution is -0.116. The lowest BCUT2D eigenvalue weighted by atomic mass is 10.4. The number of fused-ring (bicyclic) bond motifs is 1. The van der Waals surface area contributed by atoms with E-state index in [0.717, 1.165) is 13.1 Å². The van der Waals surface area contributed by atoms with Crippen LogP contribution in [0.25, 0.3) is 0 Å². The predicted molar refractivity (Wildman–Crippen MR) is 46.6 cm³/mol. The molecule has 2 unspecified atom stereocenters. The van der Waals surface area contributed by atoms with Gasteiger partial charge >= 0.3 is 0 Å². The number of allylic oxidation sites excluding steroid dienone is 1. The molecule has 1 aliphatic heterocycles. The van der Waals surface area contributed by atoms with Crippen LogP contribution in [0.15, 0.2) is 12.2 Å². The first-order valence-corrected chi connectivity index (χ1v) is 4.47. The lowest BCUT2D eigenvalue weighted by Crippen LogP contribution is -2.31. The van der Waals surface area contributed by atoms with Gasteiger partial charge in [-0.3, -0.25) is 4.79 Å². The minimum absolute atomic E-state index is 0.0527. The molecule has 2 N–H and O–H groups in total. The molecule has 3 heteroatoms. The Labute approximate surface area is 72.2 Å². The number of carbonyl (C=O) groups excluding carboxylic acids is 1. The normalized spacial score (nSPS) is 38.2. The summed E-state index contributed by atoms with van der Waals surface area (Å²) in [6, 6.07) is 0.454. The van der Waals surface area contributed by atoms with Crippen LogP contribution in [0.5, 0.6) is 0 Å². The van der Waals surface area contributed by atoms with Crippen molar-refractivity contribution in [3.8, 4) is 0 Å². The van der Waals surface area contributed by atoms with Crippen molar-refractivity contribution in [2.24, 2.45) is 11.8 Å². The summed E-state index contributed by atoms with van der Waals surface area (Å²) < 4.78 is 0. The van der Waals surface area contributed by atoms with Crippen LogP contribution in [0.3, 0.4) is 0 Å². The van der Waals surface area contributed by atoms with Crippen molar-refractivity contribution in [2.75, 3.05) is 13.1 Å². The van der Waals surface area contributed by atoms with Crippen molar-refractivity contribution >= 4 is 5.91 Å². The second-order valence-corrected chi connectivity index (χ2v) is 3.52. The second kappa shape index (κ2) is 2.90. The van der Waals surface area contributed by atoms with Gasteiger partial charge in [0.1, 0.15) is 0 Å². The third kappa shape index (κ3) is 1.25. The maximum absolute atomic E-state index is 11.1. The highest BCUT2D eigenvalue weighted by molar-refractivity contribution is 5.87. The van der Waals surface area contributed by atoms with Gasteiger partial charge in [-0.1, -0.05) is 6.08 Å². The molecule has 2 rings (SSSR count). The van der Waals surface area contributed by atoms with E-state index >= 15 is 0 Å². The van der Waals surface area contributed by atoms with Gasteiger partial charge in [-0.05, 0) is 24.8 Å². The van der Waals surface area contributed by atoms with Gasteiger partial charge in [0.2, 0.25) is 5.91 Å². The van der Waals surface area contributed by atoms with Gasteiger partial charge in [-0.15, -0.1) is 0 Å². The Morgan fingerprint density at radius 2 is 2.17 bits per heavy atom. The van der Waals surface area contributed by atoms with E-state index in [1.54, 1.807) is 12.2 Å². The predicted octanol–water partition coefficient (Wildman–Crippen LogP) is -0.103. The van der Waals surface area contributed by atoms with Gasteiger partial charge in [0.15, 0.2) is 0 Å². The van der Waals surface area contributed by atoms with Crippen LogP contribution >= 0.6 is 0 Å². The number of hydrogen-bond acceptors (Lipinski definition) is 2. The number of piperidine rings is 1. The number of amides is 1. The quantitative estimate of drug-likeness (QED) is 0.562. The maximum atomic E-state index is 11.1. The average Bonchev–Trinajstić information content (AvgIpc) is 2.51. The molecule has 2 atom stereocenters. The molecule has 0 aromatic heterocycles. The zero-order valence-electron chi connectivity index (χ0n) is 7.21. The summed E-state index contributed by atoms with van der Waals surface area (Å²) in [6.45, 7) is 4.01. The molecule has 12 heavy (non-hydrogen) atoms. The molecule has 1 saturated carbocycles. The average molecular weight is 166 g/mol. The Morgan fingerprint density at radius 3 is 2.75 bits per heavy atom. The first-order valence-electron chi connectivity index (χ1n) is 4.47. The molecule has 1 saturated heterocycles. The van der Waals surface area contributed by atoms with E-state index in [0.29, 0.717) is 17.9 Å². The van der Waals surface area contributed by atoms with Gasteiger partial charge in [0, 0.05) is 19.1 Å². The second-order valence-electron chi connectivity index (χ2n) is 3.52. The molecular formula is C9H14N2O. The summed E-state index contributed by atoms with van der Waals surface area (Å²) in [7, 11) is 0. The van der Waals surface area contributed by atoms with Crippen LogP contribution < -0.4 is 10.6 Å². The molecule has 0 aromatic rings. The Kier molecular flexibility index (Phi) is 1.89. The standard InChI is InChI=1S/C9H14N2O/c1-2-3-8(12)11-9-6-4-10-5-7(6)9/h2-3,6-7,9-10H,4-5H2,1H3,(H,11,12)/b3-2+. The fourth-order valence-electron chi connectivity index (χ4n) is 2.00. The highest BCUT2D eigenvalue weighted by atomic mass is 16.1. The molecule has 0 aromatic carbocycles. The third-order valence-corrected chi connectivity index (χ3v) is 2.72. The van der Waals surface area contributed by atoms with Crippen molar-refractivity contribution in [3.05, 3.63) is 12.2 Å². The van der Waals surface area contributed by atoms with Crippen LogP contribution in [-0.2, 0) is 4.79 Å². The minimum Gasteiger partial charge on any atom is -0.349 e. The monoisotopic (exact) mass is 166 g/mol. The Bertz CT molecular complexity index is 215. The third-order valence-electron chi connectivity index (χ3n) is 2.72. The highest BCUT2D eigenvalue weighted by Gasteiger charge is 2.53. The number of carbonyl (C=O) groups is 1. The van der Waals surface area contributed by atoms with E-state index in [1.165, 1.54) is 0 Å². The Balaban J connectivity index is 1.79. The summed E-state index contributed by atoms with van der Waals surface area (Å²) in [5.74, 6) is 1.47. The largest absolute Gasteiger partial charge is 0.349 e. The van der Waals surface area contributed by atoms with Crippen molar-refractivity contribution in [1.82, 2.24) is 10.6 Å².